The number of para-hydroxylation sites is 2. The van der Waals surface area contributed by atoms with Crippen molar-refractivity contribution in [3.63, 3.8) is 0 Å². The number of hydrogen-bond donors (Lipinski definition) is 1. The topological polar surface area (TPSA) is 97.6 Å². The van der Waals surface area contributed by atoms with Crippen LogP contribution in [0.1, 0.15) is 5.56 Å². The maximum absolute atomic E-state index is 12.6. The molecule has 2 aromatic carbocycles. The molecule has 190 valence electrons. The van der Waals surface area contributed by atoms with E-state index < -0.39 is 6.10 Å². The van der Waals surface area contributed by atoms with Gasteiger partial charge in [0, 0.05) is 39.3 Å². The molecule has 1 saturated heterocycles. The predicted molar refractivity (Wildman–Crippen MR) is 139 cm³/mol. The molecule has 4 aromatic rings. The van der Waals surface area contributed by atoms with Gasteiger partial charge in [0.15, 0.2) is 17.1 Å². The summed E-state index contributed by atoms with van der Waals surface area (Å²) in [7, 11) is 0. The molecule has 10 heteroatoms. The van der Waals surface area contributed by atoms with Crippen LogP contribution >= 0.6 is 0 Å². The first-order valence-corrected chi connectivity index (χ1v) is 12.6. The van der Waals surface area contributed by atoms with E-state index in [0.717, 1.165) is 49.6 Å². The smallest absolute Gasteiger partial charge is 0.264 e. The van der Waals surface area contributed by atoms with Crippen molar-refractivity contribution in [3.05, 3.63) is 72.7 Å². The summed E-state index contributed by atoms with van der Waals surface area (Å²) in [4.78, 5) is 26.5. The van der Waals surface area contributed by atoms with E-state index >= 15 is 0 Å². The van der Waals surface area contributed by atoms with Crippen molar-refractivity contribution >= 4 is 22.8 Å². The fourth-order valence-electron chi connectivity index (χ4n) is 4.80. The Morgan fingerprint density at radius 1 is 0.973 bits per heavy atom. The molecule has 2 aliphatic rings. The zero-order valence-corrected chi connectivity index (χ0v) is 20.5. The largest absolute Gasteiger partial charge is 0.485 e. The molecular weight excluding hydrogens is 470 g/mol. The molecule has 0 bridgehead atoms. The van der Waals surface area contributed by atoms with Gasteiger partial charge < -0.3 is 19.7 Å². The van der Waals surface area contributed by atoms with Gasteiger partial charge in [0.05, 0.1) is 18.1 Å². The van der Waals surface area contributed by atoms with E-state index in [-0.39, 0.29) is 12.5 Å². The quantitative estimate of drug-likeness (QED) is 0.413. The SMILES string of the molecule is O=C(NCCn1ncc2c(N3CCN(Cc4ccccc4)CC3)ncnc21)[C@@H]1COc2ccccc2O1. The Morgan fingerprint density at radius 2 is 1.76 bits per heavy atom. The second-order valence-corrected chi connectivity index (χ2v) is 9.21. The molecule has 0 spiro atoms. The third-order valence-electron chi connectivity index (χ3n) is 6.76. The third kappa shape index (κ3) is 5.05. The summed E-state index contributed by atoms with van der Waals surface area (Å²) in [5.74, 6) is 1.93. The number of anilines is 1. The van der Waals surface area contributed by atoms with Gasteiger partial charge >= 0.3 is 0 Å². The van der Waals surface area contributed by atoms with Crippen LogP contribution in [0.4, 0.5) is 5.82 Å². The van der Waals surface area contributed by atoms with Gasteiger partial charge in [-0.25, -0.2) is 14.6 Å². The number of nitrogens with zero attached hydrogens (tertiary/aromatic N) is 6. The van der Waals surface area contributed by atoms with E-state index in [1.54, 1.807) is 17.1 Å². The Balaban J connectivity index is 1.04. The Hall–Kier alpha value is -4.18. The summed E-state index contributed by atoms with van der Waals surface area (Å²) >= 11 is 0. The number of aromatic nitrogens is 4. The Morgan fingerprint density at radius 3 is 2.59 bits per heavy atom. The van der Waals surface area contributed by atoms with Crippen molar-refractivity contribution in [1.29, 1.82) is 0 Å². The maximum Gasteiger partial charge on any atom is 0.264 e. The zero-order valence-electron chi connectivity index (χ0n) is 20.5. The summed E-state index contributed by atoms with van der Waals surface area (Å²) in [6.07, 6.45) is 2.73. The molecule has 1 N–H and O–H groups in total. The van der Waals surface area contributed by atoms with E-state index in [0.29, 0.717) is 24.6 Å². The molecule has 0 radical (unpaired) electrons. The van der Waals surface area contributed by atoms with Crippen molar-refractivity contribution in [2.45, 2.75) is 19.2 Å². The third-order valence-corrected chi connectivity index (χ3v) is 6.76. The van der Waals surface area contributed by atoms with Crippen LogP contribution < -0.4 is 19.7 Å². The van der Waals surface area contributed by atoms with Crippen LogP contribution in [0.3, 0.4) is 0 Å². The van der Waals surface area contributed by atoms with Crippen molar-refractivity contribution in [2.24, 2.45) is 0 Å². The summed E-state index contributed by atoms with van der Waals surface area (Å²) in [5.41, 5.74) is 2.10. The van der Waals surface area contributed by atoms with Gasteiger partial charge in [0.2, 0.25) is 6.10 Å². The van der Waals surface area contributed by atoms with E-state index in [1.807, 2.05) is 24.4 Å². The van der Waals surface area contributed by atoms with Crippen LogP contribution in [0.25, 0.3) is 11.0 Å². The zero-order chi connectivity index (χ0) is 25.0. The van der Waals surface area contributed by atoms with Crippen LogP contribution in [0.15, 0.2) is 67.1 Å². The molecule has 1 amide bonds. The highest BCUT2D eigenvalue weighted by atomic mass is 16.6. The first kappa shape index (κ1) is 23.2. The van der Waals surface area contributed by atoms with Crippen LogP contribution in [0, 0.1) is 0 Å². The lowest BCUT2D eigenvalue weighted by Crippen LogP contribution is -2.46. The summed E-state index contributed by atoms with van der Waals surface area (Å²) in [6, 6.07) is 17.9. The molecular formula is C27H29N7O3. The number of rotatable bonds is 7. The van der Waals surface area contributed by atoms with E-state index in [4.69, 9.17) is 9.47 Å². The second-order valence-electron chi connectivity index (χ2n) is 9.21. The lowest BCUT2D eigenvalue weighted by molar-refractivity contribution is -0.130. The average Bonchev–Trinajstić information content (AvgIpc) is 3.37. The molecule has 2 aromatic heterocycles. The first-order chi connectivity index (χ1) is 18.2. The molecule has 0 unspecified atom stereocenters. The standard InChI is InChI=1S/C27H29N7O3/c35-27(24-18-36-22-8-4-5-9-23(22)37-24)28-10-11-34-26-21(16-31-34)25(29-19-30-26)33-14-12-32(13-15-33)17-20-6-2-1-3-7-20/h1-9,16,19,24H,10-15,17-18H2,(H,28,35)/t24-/m0/s1. The van der Waals surface area contributed by atoms with E-state index in [2.05, 4.69) is 60.5 Å². The number of fused-ring (bicyclic) bond motifs is 2. The van der Waals surface area contributed by atoms with E-state index in [1.165, 1.54) is 5.56 Å². The Kier molecular flexibility index (Phi) is 6.55. The van der Waals surface area contributed by atoms with Crippen LogP contribution in [0.2, 0.25) is 0 Å². The molecule has 0 saturated carbocycles. The van der Waals surface area contributed by atoms with Crippen molar-refractivity contribution < 1.29 is 14.3 Å². The van der Waals surface area contributed by atoms with Gasteiger partial charge in [0.25, 0.3) is 5.91 Å². The predicted octanol–water partition coefficient (Wildman–Crippen LogP) is 2.10. The van der Waals surface area contributed by atoms with Crippen LogP contribution in [-0.2, 0) is 17.9 Å². The molecule has 6 rings (SSSR count). The van der Waals surface area contributed by atoms with Crippen molar-refractivity contribution in [2.75, 3.05) is 44.2 Å². The minimum atomic E-state index is -0.682. The summed E-state index contributed by atoms with van der Waals surface area (Å²) in [6.45, 7) is 5.76. The molecule has 10 nitrogen and oxygen atoms in total. The number of hydrogen-bond acceptors (Lipinski definition) is 8. The minimum absolute atomic E-state index is 0.183. The molecule has 2 aliphatic heterocycles. The number of piperazine rings is 1. The monoisotopic (exact) mass is 499 g/mol. The van der Waals surface area contributed by atoms with Gasteiger partial charge in [-0.3, -0.25) is 9.69 Å². The highest BCUT2D eigenvalue weighted by Crippen LogP contribution is 2.31. The molecule has 37 heavy (non-hydrogen) atoms. The molecule has 4 heterocycles. The molecule has 1 atom stereocenters. The highest BCUT2D eigenvalue weighted by molar-refractivity contribution is 5.86. The number of ether oxygens (including phenoxy) is 2. The van der Waals surface area contributed by atoms with Gasteiger partial charge in [-0.1, -0.05) is 42.5 Å². The van der Waals surface area contributed by atoms with Gasteiger partial charge in [-0.2, -0.15) is 5.10 Å². The van der Waals surface area contributed by atoms with Crippen molar-refractivity contribution in [1.82, 2.24) is 30.0 Å². The fraction of sp³-hybridized carbons (Fsp3) is 0.333. The number of amides is 1. The molecule has 0 aliphatic carbocycles. The lowest BCUT2D eigenvalue weighted by Gasteiger charge is -2.35. The number of carbonyl (C=O) groups is 1. The van der Waals surface area contributed by atoms with Gasteiger partial charge in [-0.15, -0.1) is 0 Å². The highest BCUT2D eigenvalue weighted by Gasteiger charge is 2.27. The van der Waals surface area contributed by atoms with Gasteiger partial charge in [0.1, 0.15) is 18.8 Å². The second kappa shape index (κ2) is 10.4. The summed E-state index contributed by atoms with van der Waals surface area (Å²) < 4.78 is 13.2. The number of nitrogens with one attached hydrogen (secondary N) is 1. The molecule has 1 fully saturated rings. The maximum atomic E-state index is 12.6. The van der Waals surface area contributed by atoms with Crippen LogP contribution in [0.5, 0.6) is 11.5 Å². The fourth-order valence-corrected chi connectivity index (χ4v) is 4.80. The lowest BCUT2D eigenvalue weighted by atomic mass is 10.2. The van der Waals surface area contributed by atoms with Crippen molar-refractivity contribution in [3.8, 4) is 11.5 Å². The minimum Gasteiger partial charge on any atom is -0.485 e. The number of carbonyl (C=O) groups excluding carboxylic acids is 1. The van der Waals surface area contributed by atoms with Gasteiger partial charge in [-0.05, 0) is 17.7 Å². The average molecular weight is 500 g/mol. The van der Waals surface area contributed by atoms with E-state index in [9.17, 15) is 4.79 Å². The number of benzene rings is 2. The Labute approximate surface area is 214 Å². The summed E-state index contributed by atoms with van der Waals surface area (Å²) in [5, 5.41) is 8.38. The Bertz CT molecular complexity index is 1370. The van der Waals surface area contributed by atoms with Crippen LogP contribution in [-0.4, -0.2) is 76.0 Å². The normalized spacial score (nSPS) is 17.6. The first-order valence-electron chi connectivity index (χ1n) is 12.6.